The fraction of sp³-hybridized carbons (Fsp3) is 0.385. The molecule has 0 fully saturated rings. The molecular formula is C13H18N2O4. The zero-order valence-corrected chi connectivity index (χ0v) is 11.2. The lowest BCUT2D eigenvalue weighted by Gasteiger charge is -2.15. The third-order valence-electron chi connectivity index (χ3n) is 2.23. The lowest BCUT2D eigenvalue weighted by atomic mass is 10.2. The van der Waals surface area contributed by atoms with E-state index in [4.69, 9.17) is 4.74 Å². The molecule has 0 heterocycles. The van der Waals surface area contributed by atoms with Crippen molar-refractivity contribution in [3.05, 3.63) is 29.8 Å². The number of hydrazine groups is 1. The maximum atomic E-state index is 11.6. The number of hydrogen-bond acceptors (Lipinski definition) is 4. The highest BCUT2D eigenvalue weighted by Gasteiger charge is 2.15. The Morgan fingerprint density at radius 3 is 2.68 bits per heavy atom. The SMILES string of the molecule is CCOC(=O)NNC(=O)C(C)Oc1cccc(C)c1. The van der Waals surface area contributed by atoms with Gasteiger partial charge in [0.2, 0.25) is 0 Å². The van der Waals surface area contributed by atoms with Gasteiger partial charge in [0, 0.05) is 0 Å². The van der Waals surface area contributed by atoms with Crippen molar-refractivity contribution in [2.24, 2.45) is 0 Å². The molecule has 1 aromatic carbocycles. The van der Waals surface area contributed by atoms with Crippen molar-refractivity contribution in [2.45, 2.75) is 26.9 Å². The quantitative estimate of drug-likeness (QED) is 0.810. The van der Waals surface area contributed by atoms with E-state index in [1.807, 2.05) is 25.1 Å². The maximum Gasteiger partial charge on any atom is 0.426 e. The number of carbonyl (C=O) groups is 2. The number of amides is 2. The lowest BCUT2D eigenvalue weighted by Crippen LogP contribution is -2.47. The van der Waals surface area contributed by atoms with Crippen LogP contribution >= 0.6 is 0 Å². The minimum atomic E-state index is -0.733. The molecule has 0 aromatic heterocycles. The highest BCUT2D eigenvalue weighted by molar-refractivity contribution is 5.82. The Kier molecular flexibility index (Phi) is 5.66. The Morgan fingerprint density at radius 1 is 1.32 bits per heavy atom. The third-order valence-corrected chi connectivity index (χ3v) is 2.23. The standard InChI is InChI=1S/C13H18N2O4/c1-4-18-13(17)15-14-12(16)10(3)19-11-7-5-6-9(2)8-11/h5-8,10H,4H2,1-3H3,(H,14,16)(H,15,17). The van der Waals surface area contributed by atoms with Crippen LogP contribution in [0.25, 0.3) is 0 Å². The first kappa shape index (κ1) is 14.8. The number of aryl methyl sites for hydroxylation is 1. The van der Waals surface area contributed by atoms with Crippen LogP contribution in [0.4, 0.5) is 4.79 Å². The summed E-state index contributed by atoms with van der Waals surface area (Å²) >= 11 is 0. The minimum absolute atomic E-state index is 0.233. The Balaban J connectivity index is 2.42. The van der Waals surface area contributed by atoms with Crippen LogP contribution in [0.5, 0.6) is 5.75 Å². The van der Waals surface area contributed by atoms with Crippen LogP contribution in [0, 0.1) is 6.92 Å². The third kappa shape index (κ3) is 5.29. The average molecular weight is 266 g/mol. The Labute approximate surface area is 112 Å². The van der Waals surface area contributed by atoms with Gasteiger partial charge in [0.05, 0.1) is 6.61 Å². The van der Waals surface area contributed by atoms with Gasteiger partial charge in [-0.1, -0.05) is 12.1 Å². The topological polar surface area (TPSA) is 76.7 Å². The predicted octanol–water partition coefficient (Wildman–Crippen LogP) is 1.54. The summed E-state index contributed by atoms with van der Waals surface area (Å²) in [6.45, 7) is 5.42. The van der Waals surface area contributed by atoms with E-state index in [0.717, 1.165) is 5.56 Å². The van der Waals surface area contributed by atoms with Crippen LogP contribution < -0.4 is 15.6 Å². The normalized spacial score (nSPS) is 11.3. The lowest BCUT2D eigenvalue weighted by molar-refractivity contribution is -0.128. The molecule has 0 spiro atoms. The van der Waals surface area contributed by atoms with Crippen LogP contribution in [0.1, 0.15) is 19.4 Å². The second-order valence-corrected chi connectivity index (χ2v) is 3.91. The van der Waals surface area contributed by atoms with E-state index >= 15 is 0 Å². The van der Waals surface area contributed by atoms with Crippen molar-refractivity contribution >= 4 is 12.0 Å². The van der Waals surface area contributed by atoms with E-state index in [1.165, 1.54) is 0 Å². The van der Waals surface area contributed by atoms with Gasteiger partial charge in [-0.25, -0.2) is 10.2 Å². The van der Waals surface area contributed by atoms with Crippen molar-refractivity contribution in [1.82, 2.24) is 10.9 Å². The van der Waals surface area contributed by atoms with Crippen LogP contribution in [0.2, 0.25) is 0 Å². The summed E-state index contributed by atoms with van der Waals surface area (Å²) in [6.07, 6.45) is -1.44. The van der Waals surface area contributed by atoms with Crippen molar-refractivity contribution < 1.29 is 19.1 Å². The number of nitrogens with one attached hydrogen (secondary N) is 2. The van der Waals surface area contributed by atoms with E-state index in [9.17, 15) is 9.59 Å². The molecule has 0 aliphatic heterocycles. The smallest absolute Gasteiger partial charge is 0.426 e. The van der Waals surface area contributed by atoms with Gasteiger partial charge in [-0.2, -0.15) is 0 Å². The summed E-state index contributed by atoms with van der Waals surface area (Å²) in [5.74, 6) is 0.133. The number of ether oxygens (including phenoxy) is 2. The molecule has 0 saturated heterocycles. The van der Waals surface area contributed by atoms with E-state index in [1.54, 1.807) is 19.9 Å². The van der Waals surface area contributed by atoms with E-state index in [-0.39, 0.29) is 6.61 Å². The molecule has 0 aliphatic rings. The Morgan fingerprint density at radius 2 is 2.05 bits per heavy atom. The zero-order chi connectivity index (χ0) is 14.3. The van der Waals surface area contributed by atoms with Gasteiger partial charge >= 0.3 is 6.09 Å². The molecule has 1 aromatic rings. The molecule has 0 bridgehead atoms. The number of carbonyl (C=O) groups excluding carboxylic acids is 2. The molecule has 1 atom stereocenters. The molecular weight excluding hydrogens is 248 g/mol. The average Bonchev–Trinajstić information content (AvgIpc) is 2.36. The molecule has 2 N–H and O–H groups in total. The Hall–Kier alpha value is -2.24. The first-order chi connectivity index (χ1) is 9.02. The molecule has 104 valence electrons. The second kappa shape index (κ2) is 7.25. The van der Waals surface area contributed by atoms with E-state index in [2.05, 4.69) is 15.6 Å². The molecule has 0 aliphatic carbocycles. The van der Waals surface area contributed by atoms with Gasteiger partial charge in [-0.15, -0.1) is 0 Å². The molecule has 19 heavy (non-hydrogen) atoms. The van der Waals surface area contributed by atoms with Crippen LogP contribution in [0.3, 0.4) is 0 Å². The van der Waals surface area contributed by atoms with Crippen LogP contribution in [-0.4, -0.2) is 24.7 Å². The van der Waals surface area contributed by atoms with Crippen molar-refractivity contribution in [2.75, 3.05) is 6.61 Å². The first-order valence-corrected chi connectivity index (χ1v) is 5.99. The summed E-state index contributed by atoms with van der Waals surface area (Å²) in [5, 5.41) is 0. The van der Waals surface area contributed by atoms with E-state index in [0.29, 0.717) is 5.75 Å². The number of benzene rings is 1. The van der Waals surface area contributed by atoms with Crippen molar-refractivity contribution in [1.29, 1.82) is 0 Å². The van der Waals surface area contributed by atoms with Crippen molar-refractivity contribution in [3.8, 4) is 5.75 Å². The molecule has 6 nitrogen and oxygen atoms in total. The molecule has 6 heteroatoms. The van der Waals surface area contributed by atoms with Gasteiger partial charge in [0.1, 0.15) is 5.75 Å². The maximum absolute atomic E-state index is 11.6. The fourth-order valence-electron chi connectivity index (χ4n) is 1.33. The van der Waals surface area contributed by atoms with Gasteiger partial charge in [-0.05, 0) is 38.5 Å². The van der Waals surface area contributed by atoms with Gasteiger partial charge < -0.3 is 9.47 Å². The summed E-state index contributed by atoms with van der Waals surface area (Å²) in [7, 11) is 0. The zero-order valence-electron chi connectivity index (χ0n) is 11.2. The van der Waals surface area contributed by atoms with Crippen molar-refractivity contribution in [3.63, 3.8) is 0 Å². The molecule has 0 saturated carbocycles. The van der Waals surface area contributed by atoms with Gasteiger partial charge in [0.25, 0.3) is 5.91 Å². The molecule has 2 amide bonds. The summed E-state index contributed by atoms with van der Waals surface area (Å²) in [4.78, 5) is 22.6. The second-order valence-electron chi connectivity index (χ2n) is 3.91. The number of hydrogen-bond donors (Lipinski definition) is 2. The summed E-state index contributed by atoms with van der Waals surface area (Å²) in [6, 6.07) is 7.35. The minimum Gasteiger partial charge on any atom is -0.481 e. The van der Waals surface area contributed by atoms with E-state index < -0.39 is 18.1 Å². The van der Waals surface area contributed by atoms with Crippen LogP contribution in [0.15, 0.2) is 24.3 Å². The predicted molar refractivity (Wildman–Crippen MR) is 69.6 cm³/mol. The van der Waals surface area contributed by atoms with Gasteiger partial charge in [0.15, 0.2) is 6.10 Å². The summed E-state index contributed by atoms with van der Waals surface area (Å²) in [5.41, 5.74) is 5.37. The monoisotopic (exact) mass is 266 g/mol. The first-order valence-electron chi connectivity index (χ1n) is 5.99. The number of rotatable bonds is 4. The fourth-order valence-corrected chi connectivity index (χ4v) is 1.33. The molecule has 1 rings (SSSR count). The molecule has 1 unspecified atom stereocenters. The molecule has 0 radical (unpaired) electrons. The highest BCUT2D eigenvalue weighted by atomic mass is 16.6. The Bertz CT molecular complexity index is 448. The summed E-state index contributed by atoms with van der Waals surface area (Å²) < 4.78 is 10.0. The van der Waals surface area contributed by atoms with Gasteiger partial charge in [-0.3, -0.25) is 10.2 Å². The highest BCUT2D eigenvalue weighted by Crippen LogP contribution is 2.13. The van der Waals surface area contributed by atoms with Crippen LogP contribution in [-0.2, 0) is 9.53 Å². The largest absolute Gasteiger partial charge is 0.481 e.